The highest BCUT2D eigenvalue weighted by atomic mass is 16.5. The van der Waals surface area contributed by atoms with Crippen LogP contribution in [-0.4, -0.2) is 95.6 Å². The van der Waals surface area contributed by atoms with Gasteiger partial charge in [-0.3, -0.25) is 0 Å². The van der Waals surface area contributed by atoms with Crippen LogP contribution in [0.3, 0.4) is 0 Å². The first-order valence-electron chi connectivity index (χ1n) is 6.25. The molecule has 1 fully saturated rings. The highest BCUT2D eigenvalue weighted by molar-refractivity contribution is 6.31. The standard InChI is InChI=1S/C6H13N.4BH3O3/c7-6-4-2-1-3-5-6;4*2-1(3)4/h6H,1-5,7H2;4*2-4H. The zero-order chi connectivity index (χ0) is 19.4. The number of rotatable bonds is 0. The number of nitrogens with two attached hydrogens (primary N) is 1. The fourth-order valence-corrected chi connectivity index (χ4v) is 1.13. The van der Waals surface area contributed by atoms with E-state index in [0.29, 0.717) is 6.04 Å². The van der Waals surface area contributed by atoms with E-state index in [2.05, 4.69) is 0 Å². The van der Waals surface area contributed by atoms with E-state index < -0.39 is 29.3 Å². The Bertz CT molecular complexity index is 161. The Labute approximate surface area is 134 Å². The molecular weight excluding hydrogens is 321 g/mol. The molecule has 138 valence electrons. The highest BCUT2D eigenvalue weighted by Crippen LogP contribution is 2.14. The Balaban J connectivity index is -0.000000102. The van der Waals surface area contributed by atoms with Gasteiger partial charge in [-0.25, -0.2) is 0 Å². The number of hydrogen-bond donors (Lipinski definition) is 13. The molecule has 1 rings (SSSR count). The zero-order valence-electron chi connectivity index (χ0n) is 12.4. The summed E-state index contributed by atoms with van der Waals surface area (Å²) in [4.78, 5) is 0. The molecule has 1 aliphatic carbocycles. The minimum atomic E-state index is -2.17. The summed E-state index contributed by atoms with van der Waals surface area (Å²) in [6, 6.07) is 0.536. The largest absolute Gasteiger partial charge is 0.631 e. The summed E-state index contributed by atoms with van der Waals surface area (Å²) in [5.41, 5.74) is 5.63. The van der Waals surface area contributed by atoms with Crippen molar-refractivity contribution < 1.29 is 60.3 Å². The van der Waals surface area contributed by atoms with Crippen molar-refractivity contribution in [3.63, 3.8) is 0 Å². The van der Waals surface area contributed by atoms with Crippen molar-refractivity contribution in [2.45, 2.75) is 38.1 Å². The zero-order valence-corrected chi connectivity index (χ0v) is 12.4. The van der Waals surface area contributed by atoms with Gasteiger partial charge in [0, 0.05) is 6.04 Å². The lowest BCUT2D eigenvalue weighted by Crippen LogP contribution is -2.22. The fourth-order valence-electron chi connectivity index (χ4n) is 1.13. The molecule has 13 nitrogen and oxygen atoms in total. The van der Waals surface area contributed by atoms with E-state index in [4.69, 9.17) is 66.0 Å². The van der Waals surface area contributed by atoms with E-state index in [9.17, 15) is 0 Å². The third-order valence-corrected chi connectivity index (χ3v) is 1.65. The molecule has 0 spiro atoms. The summed E-state index contributed by atoms with van der Waals surface area (Å²) in [6.07, 6.45) is 6.66. The van der Waals surface area contributed by atoms with Crippen molar-refractivity contribution in [3.05, 3.63) is 0 Å². The lowest BCUT2D eigenvalue weighted by Gasteiger charge is -2.15. The molecule has 0 aromatic heterocycles. The molecular formula is C6H25B4NO12. The van der Waals surface area contributed by atoms with Crippen LogP contribution < -0.4 is 5.73 Å². The van der Waals surface area contributed by atoms with Crippen molar-refractivity contribution in [2.24, 2.45) is 5.73 Å². The van der Waals surface area contributed by atoms with Gasteiger partial charge in [0.25, 0.3) is 0 Å². The Morgan fingerprint density at radius 3 is 0.739 bits per heavy atom. The van der Waals surface area contributed by atoms with Crippen LogP contribution in [0, 0.1) is 0 Å². The van der Waals surface area contributed by atoms with Gasteiger partial charge in [0.15, 0.2) is 0 Å². The lowest BCUT2D eigenvalue weighted by molar-refractivity contribution is 0.276. The Hall–Kier alpha value is -0.260. The van der Waals surface area contributed by atoms with E-state index in [1.54, 1.807) is 0 Å². The summed E-state index contributed by atoms with van der Waals surface area (Å²) < 4.78 is 0. The molecule has 17 heteroatoms. The SMILES string of the molecule is NC1CCCCC1.OB(O)O.OB(O)O.OB(O)O.OB(O)O. The van der Waals surface area contributed by atoms with Crippen molar-refractivity contribution in [1.82, 2.24) is 0 Å². The van der Waals surface area contributed by atoms with Crippen LogP contribution in [0.1, 0.15) is 32.1 Å². The molecule has 0 atom stereocenters. The van der Waals surface area contributed by atoms with Gasteiger partial charge >= 0.3 is 29.3 Å². The predicted molar refractivity (Wildman–Crippen MR) is 80.7 cm³/mol. The lowest BCUT2D eigenvalue weighted by atomic mass is 9.97. The molecule has 0 aromatic carbocycles. The second-order valence-corrected chi connectivity index (χ2v) is 3.78. The second-order valence-electron chi connectivity index (χ2n) is 3.78. The van der Waals surface area contributed by atoms with Gasteiger partial charge in [-0.1, -0.05) is 19.3 Å². The van der Waals surface area contributed by atoms with Crippen molar-refractivity contribution in [3.8, 4) is 0 Å². The molecule has 1 saturated carbocycles. The Kier molecular flexibility index (Phi) is 31.9. The first kappa shape index (κ1) is 30.6. The van der Waals surface area contributed by atoms with Gasteiger partial charge < -0.3 is 66.0 Å². The topological polar surface area (TPSA) is 269 Å². The summed E-state index contributed by atoms with van der Waals surface area (Å²) in [7, 11) is -8.67. The molecule has 0 bridgehead atoms. The summed E-state index contributed by atoms with van der Waals surface area (Å²) in [6.45, 7) is 0. The van der Waals surface area contributed by atoms with Gasteiger partial charge in [-0.05, 0) is 12.8 Å². The first-order chi connectivity index (χ1) is 10.3. The van der Waals surface area contributed by atoms with E-state index in [1.807, 2.05) is 0 Å². The van der Waals surface area contributed by atoms with Crippen molar-refractivity contribution in [2.75, 3.05) is 0 Å². The van der Waals surface area contributed by atoms with Crippen LogP contribution >= 0.6 is 0 Å². The van der Waals surface area contributed by atoms with Gasteiger partial charge in [0.05, 0.1) is 0 Å². The van der Waals surface area contributed by atoms with Crippen LogP contribution in [-0.2, 0) is 0 Å². The molecule has 0 aliphatic heterocycles. The highest BCUT2D eigenvalue weighted by Gasteiger charge is 2.06. The minimum absolute atomic E-state index is 0.536. The normalized spacial score (nSPS) is 12.4. The number of hydrogen-bond acceptors (Lipinski definition) is 13. The van der Waals surface area contributed by atoms with Crippen LogP contribution in [0.25, 0.3) is 0 Å². The predicted octanol–water partition coefficient (Wildman–Crippen LogP) is -6.93. The van der Waals surface area contributed by atoms with Crippen LogP contribution in [0.4, 0.5) is 0 Å². The van der Waals surface area contributed by atoms with E-state index >= 15 is 0 Å². The van der Waals surface area contributed by atoms with E-state index in [-0.39, 0.29) is 0 Å². The monoisotopic (exact) mass is 347 g/mol. The molecule has 0 unspecified atom stereocenters. The maximum absolute atomic E-state index is 7.17. The van der Waals surface area contributed by atoms with Crippen LogP contribution in [0.5, 0.6) is 0 Å². The third kappa shape index (κ3) is 141. The molecule has 0 saturated heterocycles. The quantitative estimate of drug-likeness (QED) is 0.182. The van der Waals surface area contributed by atoms with Crippen molar-refractivity contribution >= 4 is 29.3 Å². The first-order valence-corrected chi connectivity index (χ1v) is 6.25. The molecule has 14 N–H and O–H groups in total. The molecule has 0 radical (unpaired) electrons. The van der Waals surface area contributed by atoms with E-state index in [0.717, 1.165) is 0 Å². The smallest absolute Gasteiger partial charge is 0.402 e. The average Bonchev–Trinajstić information content (AvgIpc) is 2.26. The van der Waals surface area contributed by atoms with Crippen LogP contribution in [0.2, 0.25) is 0 Å². The van der Waals surface area contributed by atoms with Gasteiger partial charge in [0.2, 0.25) is 0 Å². The molecule has 1 aliphatic rings. The van der Waals surface area contributed by atoms with Gasteiger partial charge in [0.1, 0.15) is 0 Å². The summed E-state index contributed by atoms with van der Waals surface area (Å²) in [5.74, 6) is 0. The Morgan fingerprint density at radius 1 is 0.478 bits per heavy atom. The molecule has 23 heavy (non-hydrogen) atoms. The van der Waals surface area contributed by atoms with Gasteiger partial charge in [-0.15, -0.1) is 0 Å². The van der Waals surface area contributed by atoms with E-state index in [1.165, 1.54) is 32.1 Å². The molecule has 0 heterocycles. The molecule has 0 aromatic rings. The maximum atomic E-state index is 7.17. The Morgan fingerprint density at radius 2 is 0.652 bits per heavy atom. The average molecular weight is 347 g/mol. The second kappa shape index (κ2) is 24.0. The minimum Gasteiger partial charge on any atom is -0.402 e. The van der Waals surface area contributed by atoms with Gasteiger partial charge in [-0.2, -0.15) is 0 Å². The maximum Gasteiger partial charge on any atom is 0.631 e. The third-order valence-electron chi connectivity index (χ3n) is 1.65. The molecule has 0 amide bonds. The summed E-state index contributed by atoms with van der Waals surface area (Å²) in [5, 5.41) is 86.0. The summed E-state index contributed by atoms with van der Waals surface area (Å²) >= 11 is 0. The van der Waals surface area contributed by atoms with Crippen LogP contribution in [0.15, 0.2) is 0 Å². The van der Waals surface area contributed by atoms with Crippen molar-refractivity contribution in [1.29, 1.82) is 0 Å². The fraction of sp³-hybridized carbons (Fsp3) is 1.00.